The number of nitrogens with zero attached hydrogens (tertiary/aromatic N) is 2. The fourth-order valence-corrected chi connectivity index (χ4v) is 2.53. The number of rotatable bonds is 3. The zero-order chi connectivity index (χ0) is 13.2. The van der Waals surface area contributed by atoms with Crippen molar-refractivity contribution in [1.82, 2.24) is 10.1 Å². The van der Waals surface area contributed by atoms with Crippen LogP contribution in [0.1, 0.15) is 35.8 Å². The van der Waals surface area contributed by atoms with E-state index in [0.29, 0.717) is 18.3 Å². The van der Waals surface area contributed by atoms with Crippen molar-refractivity contribution < 1.29 is 9.26 Å². The molecule has 1 aromatic carbocycles. The second kappa shape index (κ2) is 5.11. The van der Waals surface area contributed by atoms with Crippen molar-refractivity contribution in [3.63, 3.8) is 0 Å². The lowest BCUT2D eigenvalue weighted by Gasteiger charge is -2.22. The zero-order valence-corrected chi connectivity index (χ0v) is 10.9. The topological polar surface area (TPSA) is 74.2 Å². The van der Waals surface area contributed by atoms with Gasteiger partial charge in [-0.25, -0.2) is 0 Å². The molecule has 1 aliphatic rings. The molecule has 0 amide bonds. The Labute approximate surface area is 111 Å². The fourth-order valence-electron chi connectivity index (χ4n) is 2.53. The zero-order valence-electron chi connectivity index (χ0n) is 10.9. The number of aromatic nitrogens is 2. The highest BCUT2D eigenvalue weighted by molar-refractivity contribution is 5.56. The first-order valence-corrected chi connectivity index (χ1v) is 6.48. The van der Waals surface area contributed by atoms with E-state index in [2.05, 4.69) is 22.3 Å². The molecule has 19 heavy (non-hydrogen) atoms. The van der Waals surface area contributed by atoms with Crippen LogP contribution >= 0.6 is 0 Å². The standard InChI is InChI=1S/C14H17N3O2/c1-18-8-13-16-14(19-17-13)10-6-5-9-3-2-4-12(15)11(9)7-10/h5-7,12H,2-4,8,15H2,1H3. The monoisotopic (exact) mass is 259 g/mol. The molecule has 2 aromatic rings. The molecule has 0 aliphatic heterocycles. The van der Waals surface area contributed by atoms with Crippen LogP contribution in [0, 0.1) is 0 Å². The molecule has 2 N–H and O–H groups in total. The summed E-state index contributed by atoms with van der Waals surface area (Å²) in [5, 5.41) is 3.87. The van der Waals surface area contributed by atoms with Crippen LogP contribution in [0.3, 0.4) is 0 Å². The maximum absolute atomic E-state index is 6.16. The van der Waals surface area contributed by atoms with E-state index in [0.717, 1.165) is 24.8 Å². The lowest BCUT2D eigenvalue weighted by molar-refractivity contribution is 0.174. The highest BCUT2D eigenvalue weighted by Crippen LogP contribution is 2.31. The molecule has 0 saturated heterocycles. The molecule has 3 rings (SSSR count). The summed E-state index contributed by atoms with van der Waals surface area (Å²) in [4.78, 5) is 4.30. The van der Waals surface area contributed by atoms with Gasteiger partial charge in [0.15, 0.2) is 5.82 Å². The van der Waals surface area contributed by atoms with E-state index in [9.17, 15) is 0 Å². The third-order valence-electron chi connectivity index (χ3n) is 3.50. The summed E-state index contributed by atoms with van der Waals surface area (Å²) in [5.41, 5.74) is 9.62. The first kappa shape index (κ1) is 12.3. The number of fused-ring (bicyclic) bond motifs is 1. The van der Waals surface area contributed by atoms with Crippen LogP contribution in [-0.4, -0.2) is 17.3 Å². The molecule has 5 heteroatoms. The van der Waals surface area contributed by atoms with Gasteiger partial charge in [0.1, 0.15) is 6.61 Å². The van der Waals surface area contributed by atoms with Crippen molar-refractivity contribution in [3.05, 3.63) is 35.2 Å². The van der Waals surface area contributed by atoms with E-state index in [-0.39, 0.29) is 6.04 Å². The number of nitrogens with two attached hydrogens (primary N) is 1. The summed E-state index contributed by atoms with van der Waals surface area (Å²) in [5.74, 6) is 1.08. The van der Waals surface area contributed by atoms with Crippen LogP contribution in [0.15, 0.2) is 22.7 Å². The molecule has 5 nitrogen and oxygen atoms in total. The van der Waals surface area contributed by atoms with Gasteiger partial charge >= 0.3 is 0 Å². The maximum Gasteiger partial charge on any atom is 0.258 e. The Kier molecular flexibility index (Phi) is 3.31. The summed E-state index contributed by atoms with van der Waals surface area (Å²) in [7, 11) is 1.61. The van der Waals surface area contributed by atoms with Crippen LogP contribution in [0.25, 0.3) is 11.5 Å². The molecule has 1 atom stereocenters. The SMILES string of the molecule is COCc1noc(-c2ccc3c(c2)C(N)CCC3)n1. The van der Waals surface area contributed by atoms with Crippen LogP contribution < -0.4 is 5.73 Å². The molecule has 1 aliphatic carbocycles. The molecule has 1 heterocycles. The number of benzene rings is 1. The maximum atomic E-state index is 6.16. The summed E-state index contributed by atoms with van der Waals surface area (Å²) in [6, 6.07) is 6.32. The molecule has 0 radical (unpaired) electrons. The van der Waals surface area contributed by atoms with Gasteiger partial charge in [0.05, 0.1) is 0 Å². The summed E-state index contributed by atoms with van der Waals surface area (Å²) < 4.78 is 10.2. The largest absolute Gasteiger partial charge is 0.377 e. The van der Waals surface area contributed by atoms with Gasteiger partial charge < -0.3 is 15.0 Å². The van der Waals surface area contributed by atoms with Gasteiger partial charge in [0.2, 0.25) is 0 Å². The number of aryl methyl sites for hydroxylation is 1. The second-order valence-corrected chi connectivity index (χ2v) is 4.86. The molecule has 0 spiro atoms. The van der Waals surface area contributed by atoms with Crippen molar-refractivity contribution in [2.75, 3.05) is 7.11 Å². The number of hydrogen-bond acceptors (Lipinski definition) is 5. The normalized spacial score (nSPS) is 18.3. The molecular weight excluding hydrogens is 242 g/mol. The summed E-state index contributed by atoms with van der Waals surface area (Å²) in [6.07, 6.45) is 3.29. The molecule has 100 valence electrons. The lowest BCUT2D eigenvalue weighted by atomic mass is 9.87. The van der Waals surface area contributed by atoms with E-state index in [1.54, 1.807) is 7.11 Å². The number of ether oxygens (including phenoxy) is 1. The third kappa shape index (κ3) is 2.39. The van der Waals surface area contributed by atoms with Gasteiger partial charge in [-0.15, -0.1) is 0 Å². The Hall–Kier alpha value is -1.72. The quantitative estimate of drug-likeness (QED) is 0.914. The highest BCUT2D eigenvalue weighted by atomic mass is 16.5. The Morgan fingerprint density at radius 3 is 3.21 bits per heavy atom. The molecule has 0 bridgehead atoms. The molecule has 1 unspecified atom stereocenters. The van der Waals surface area contributed by atoms with Gasteiger partial charge in [0.25, 0.3) is 5.89 Å². The van der Waals surface area contributed by atoms with E-state index in [1.807, 2.05) is 6.07 Å². The van der Waals surface area contributed by atoms with Crippen molar-refractivity contribution in [2.45, 2.75) is 31.9 Å². The average Bonchev–Trinajstić information content (AvgIpc) is 2.88. The lowest BCUT2D eigenvalue weighted by Crippen LogP contribution is -2.17. The van der Waals surface area contributed by atoms with Crippen molar-refractivity contribution in [2.24, 2.45) is 5.73 Å². The molecule has 0 fully saturated rings. The molecular formula is C14H17N3O2. The van der Waals surface area contributed by atoms with Crippen molar-refractivity contribution in [1.29, 1.82) is 0 Å². The Balaban J connectivity index is 1.94. The van der Waals surface area contributed by atoms with Gasteiger partial charge in [-0.2, -0.15) is 4.98 Å². The summed E-state index contributed by atoms with van der Waals surface area (Å²) in [6.45, 7) is 0.355. The Morgan fingerprint density at radius 1 is 1.47 bits per heavy atom. The van der Waals surface area contributed by atoms with E-state index < -0.39 is 0 Å². The first-order valence-electron chi connectivity index (χ1n) is 6.48. The van der Waals surface area contributed by atoms with E-state index >= 15 is 0 Å². The van der Waals surface area contributed by atoms with E-state index in [1.165, 1.54) is 11.1 Å². The first-order chi connectivity index (χ1) is 9.28. The van der Waals surface area contributed by atoms with Crippen LogP contribution in [0.4, 0.5) is 0 Å². The third-order valence-corrected chi connectivity index (χ3v) is 3.50. The van der Waals surface area contributed by atoms with Gasteiger partial charge in [-0.1, -0.05) is 11.2 Å². The van der Waals surface area contributed by atoms with Crippen LogP contribution in [0.5, 0.6) is 0 Å². The van der Waals surface area contributed by atoms with Gasteiger partial charge in [-0.3, -0.25) is 0 Å². The molecule has 1 aromatic heterocycles. The minimum atomic E-state index is 0.116. The van der Waals surface area contributed by atoms with Crippen LogP contribution in [-0.2, 0) is 17.8 Å². The minimum Gasteiger partial charge on any atom is -0.377 e. The second-order valence-electron chi connectivity index (χ2n) is 4.86. The molecule has 0 saturated carbocycles. The van der Waals surface area contributed by atoms with Crippen molar-refractivity contribution in [3.8, 4) is 11.5 Å². The predicted octanol–water partition coefficient (Wildman–Crippen LogP) is 2.22. The van der Waals surface area contributed by atoms with Crippen molar-refractivity contribution >= 4 is 0 Å². The van der Waals surface area contributed by atoms with E-state index in [4.69, 9.17) is 15.0 Å². The fraction of sp³-hybridized carbons (Fsp3) is 0.429. The number of methoxy groups -OCH3 is 1. The van der Waals surface area contributed by atoms with Gasteiger partial charge in [0, 0.05) is 18.7 Å². The smallest absolute Gasteiger partial charge is 0.258 e. The predicted molar refractivity (Wildman–Crippen MR) is 70.3 cm³/mol. The average molecular weight is 259 g/mol. The highest BCUT2D eigenvalue weighted by Gasteiger charge is 2.18. The Bertz CT molecular complexity index is 580. The van der Waals surface area contributed by atoms with Crippen LogP contribution in [0.2, 0.25) is 0 Å². The van der Waals surface area contributed by atoms with Gasteiger partial charge in [-0.05, 0) is 42.5 Å². The minimum absolute atomic E-state index is 0.116. The summed E-state index contributed by atoms with van der Waals surface area (Å²) >= 11 is 0. The number of hydrogen-bond donors (Lipinski definition) is 1. The Morgan fingerprint density at radius 2 is 2.37 bits per heavy atom.